The Bertz CT molecular complexity index is 621. The molecule has 1 aromatic carbocycles. The maximum atomic E-state index is 12.6. The standard InChI is InChI=1S/C17H19F3N2O2/c18-17(19,20)14-8-4-5-12(11-14)9-10-15(23)21-22-16(24)13-6-2-1-3-7-13/h4-5,8-11,13H,1-3,6-7H2,(H,21,23)(H,22,24)/b10-9+. The van der Waals surface area contributed by atoms with E-state index in [9.17, 15) is 22.8 Å². The summed E-state index contributed by atoms with van der Waals surface area (Å²) < 4.78 is 37.8. The van der Waals surface area contributed by atoms with Crippen LogP contribution in [-0.2, 0) is 15.8 Å². The van der Waals surface area contributed by atoms with Gasteiger partial charge in [0.2, 0.25) is 5.91 Å². The van der Waals surface area contributed by atoms with Gasteiger partial charge in [-0.15, -0.1) is 0 Å². The molecule has 0 spiro atoms. The van der Waals surface area contributed by atoms with Crippen molar-refractivity contribution >= 4 is 17.9 Å². The van der Waals surface area contributed by atoms with Gasteiger partial charge in [-0.1, -0.05) is 31.4 Å². The largest absolute Gasteiger partial charge is 0.416 e. The summed E-state index contributed by atoms with van der Waals surface area (Å²) in [6.45, 7) is 0. The molecule has 0 aromatic heterocycles. The molecule has 2 amide bonds. The van der Waals surface area contributed by atoms with Gasteiger partial charge >= 0.3 is 6.18 Å². The quantitative estimate of drug-likeness (QED) is 0.654. The Balaban J connectivity index is 1.85. The number of rotatable bonds is 3. The third-order valence-electron chi connectivity index (χ3n) is 3.93. The van der Waals surface area contributed by atoms with Crippen LogP contribution in [-0.4, -0.2) is 11.8 Å². The minimum absolute atomic E-state index is 0.0912. The SMILES string of the molecule is O=C(/C=C/c1cccc(C(F)(F)F)c1)NNC(=O)C1CCCCC1. The van der Waals surface area contributed by atoms with Crippen LogP contribution in [0.5, 0.6) is 0 Å². The van der Waals surface area contributed by atoms with E-state index in [2.05, 4.69) is 10.9 Å². The van der Waals surface area contributed by atoms with Crippen LogP contribution in [0.15, 0.2) is 30.3 Å². The van der Waals surface area contributed by atoms with Crippen molar-refractivity contribution in [2.24, 2.45) is 5.92 Å². The molecule has 1 aromatic rings. The van der Waals surface area contributed by atoms with Gasteiger partial charge in [0.1, 0.15) is 0 Å². The minimum atomic E-state index is -4.43. The zero-order valence-electron chi connectivity index (χ0n) is 13.0. The predicted octanol–water partition coefficient (Wildman–Crippen LogP) is 3.45. The van der Waals surface area contributed by atoms with Crippen molar-refractivity contribution in [1.82, 2.24) is 10.9 Å². The van der Waals surface area contributed by atoms with Crippen molar-refractivity contribution in [3.05, 3.63) is 41.5 Å². The molecule has 1 aliphatic rings. The minimum Gasteiger partial charge on any atom is -0.273 e. The zero-order chi connectivity index (χ0) is 17.6. The molecule has 0 saturated heterocycles. The molecule has 0 atom stereocenters. The van der Waals surface area contributed by atoms with E-state index in [4.69, 9.17) is 0 Å². The number of hydrazine groups is 1. The lowest BCUT2D eigenvalue weighted by molar-refractivity contribution is -0.137. The Kier molecular flexibility index (Phi) is 6.00. The van der Waals surface area contributed by atoms with Crippen LogP contribution in [0.1, 0.15) is 43.2 Å². The first-order chi connectivity index (χ1) is 11.4. The monoisotopic (exact) mass is 340 g/mol. The fourth-order valence-corrected chi connectivity index (χ4v) is 2.62. The maximum absolute atomic E-state index is 12.6. The van der Waals surface area contributed by atoms with Crippen molar-refractivity contribution in [3.8, 4) is 0 Å². The van der Waals surface area contributed by atoms with Crippen LogP contribution < -0.4 is 10.9 Å². The number of amides is 2. The molecule has 0 bridgehead atoms. The van der Waals surface area contributed by atoms with Crippen LogP contribution in [0.3, 0.4) is 0 Å². The van der Waals surface area contributed by atoms with Crippen LogP contribution >= 0.6 is 0 Å². The van der Waals surface area contributed by atoms with E-state index in [-0.39, 0.29) is 17.4 Å². The first kappa shape index (κ1) is 18.0. The maximum Gasteiger partial charge on any atom is 0.416 e. The summed E-state index contributed by atoms with van der Waals surface area (Å²) in [4.78, 5) is 23.5. The lowest BCUT2D eigenvalue weighted by Gasteiger charge is -2.20. The number of carbonyl (C=O) groups excluding carboxylic acids is 2. The Morgan fingerprint density at radius 3 is 2.46 bits per heavy atom. The Morgan fingerprint density at radius 2 is 1.79 bits per heavy atom. The van der Waals surface area contributed by atoms with Crippen molar-refractivity contribution < 1.29 is 22.8 Å². The summed E-state index contributed by atoms with van der Waals surface area (Å²) in [5.74, 6) is -0.918. The van der Waals surface area contributed by atoms with Gasteiger partial charge in [0.05, 0.1) is 5.56 Å². The molecule has 0 radical (unpaired) electrons. The summed E-state index contributed by atoms with van der Waals surface area (Å²) in [6.07, 6.45) is 2.65. The van der Waals surface area contributed by atoms with E-state index < -0.39 is 17.6 Å². The highest BCUT2D eigenvalue weighted by Crippen LogP contribution is 2.29. The summed E-state index contributed by atoms with van der Waals surface area (Å²) in [5.41, 5.74) is 4.07. The number of halogens is 3. The molecule has 0 heterocycles. The van der Waals surface area contributed by atoms with Crippen LogP contribution in [0.4, 0.5) is 13.2 Å². The third kappa shape index (κ3) is 5.40. The lowest BCUT2D eigenvalue weighted by atomic mass is 9.89. The van der Waals surface area contributed by atoms with Crippen LogP contribution in [0.25, 0.3) is 6.08 Å². The van der Waals surface area contributed by atoms with E-state index in [1.165, 1.54) is 18.2 Å². The summed E-state index contributed by atoms with van der Waals surface area (Å²) >= 11 is 0. The number of hydrogen-bond donors (Lipinski definition) is 2. The van der Waals surface area contributed by atoms with E-state index >= 15 is 0 Å². The van der Waals surface area contributed by atoms with Crippen molar-refractivity contribution in [2.75, 3.05) is 0 Å². The average molecular weight is 340 g/mol. The Morgan fingerprint density at radius 1 is 1.08 bits per heavy atom. The van der Waals surface area contributed by atoms with Crippen molar-refractivity contribution in [2.45, 2.75) is 38.3 Å². The molecule has 2 rings (SSSR count). The second-order valence-corrected chi connectivity index (χ2v) is 5.77. The van der Waals surface area contributed by atoms with Gasteiger partial charge in [0.25, 0.3) is 5.91 Å². The first-order valence-corrected chi connectivity index (χ1v) is 7.81. The Hall–Kier alpha value is -2.31. The van der Waals surface area contributed by atoms with Gasteiger partial charge < -0.3 is 0 Å². The van der Waals surface area contributed by atoms with Gasteiger partial charge in [0, 0.05) is 12.0 Å². The molecule has 0 unspecified atom stereocenters. The third-order valence-corrected chi connectivity index (χ3v) is 3.93. The van der Waals surface area contributed by atoms with E-state index in [1.54, 1.807) is 0 Å². The van der Waals surface area contributed by atoms with Gasteiger partial charge in [-0.3, -0.25) is 20.4 Å². The first-order valence-electron chi connectivity index (χ1n) is 7.81. The molecule has 130 valence electrons. The van der Waals surface area contributed by atoms with E-state index in [1.807, 2.05) is 0 Å². The number of benzene rings is 1. The van der Waals surface area contributed by atoms with Crippen LogP contribution in [0, 0.1) is 5.92 Å². The fraction of sp³-hybridized carbons (Fsp3) is 0.412. The number of nitrogens with one attached hydrogen (secondary N) is 2. The lowest BCUT2D eigenvalue weighted by Crippen LogP contribution is -2.44. The van der Waals surface area contributed by atoms with Gasteiger partial charge in [0.15, 0.2) is 0 Å². The summed E-state index contributed by atoms with van der Waals surface area (Å²) in [6, 6.07) is 4.64. The summed E-state index contributed by atoms with van der Waals surface area (Å²) in [7, 11) is 0. The van der Waals surface area contributed by atoms with Gasteiger partial charge in [-0.25, -0.2) is 0 Å². The molecule has 0 aliphatic heterocycles. The van der Waals surface area contributed by atoms with E-state index in [0.717, 1.165) is 50.3 Å². The second kappa shape index (κ2) is 7.99. The van der Waals surface area contributed by atoms with Crippen molar-refractivity contribution in [3.63, 3.8) is 0 Å². The zero-order valence-corrected chi connectivity index (χ0v) is 13.0. The highest BCUT2D eigenvalue weighted by atomic mass is 19.4. The molecule has 1 aliphatic carbocycles. The molecule has 4 nitrogen and oxygen atoms in total. The molecule has 7 heteroatoms. The average Bonchev–Trinajstić information content (AvgIpc) is 2.58. The second-order valence-electron chi connectivity index (χ2n) is 5.77. The van der Waals surface area contributed by atoms with Gasteiger partial charge in [-0.05, 0) is 36.6 Å². The molecular weight excluding hydrogens is 321 g/mol. The highest BCUT2D eigenvalue weighted by Gasteiger charge is 2.30. The highest BCUT2D eigenvalue weighted by molar-refractivity contribution is 5.93. The molecule has 2 N–H and O–H groups in total. The molecule has 24 heavy (non-hydrogen) atoms. The van der Waals surface area contributed by atoms with Gasteiger partial charge in [-0.2, -0.15) is 13.2 Å². The Labute approximate surface area is 138 Å². The predicted molar refractivity (Wildman–Crippen MR) is 83.3 cm³/mol. The van der Waals surface area contributed by atoms with E-state index in [0.29, 0.717) is 0 Å². The molecular formula is C17H19F3N2O2. The number of alkyl halides is 3. The van der Waals surface area contributed by atoms with Crippen LogP contribution in [0.2, 0.25) is 0 Å². The smallest absolute Gasteiger partial charge is 0.273 e. The number of hydrogen-bond acceptors (Lipinski definition) is 2. The number of carbonyl (C=O) groups is 2. The topological polar surface area (TPSA) is 58.2 Å². The molecule has 1 fully saturated rings. The van der Waals surface area contributed by atoms with Crippen molar-refractivity contribution in [1.29, 1.82) is 0 Å². The fourth-order valence-electron chi connectivity index (χ4n) is 2.62. The normalized spacial score (nSPS) is 16.1. The summed E-state index contributed by atoms with van der Waals surface area (Å²) in [5, 5.41) is 0. The molecule has 1 saturated carbocycles.